The Kier molecular flexibility index (Phi) is 5.55. The summed E-state index contributed by atoms with van der Waals surface area (Å²) < 4.78 is 0. The number of Topliss-reactive ketones (excluding diaryl/α,β-unsaturated/α-hetero) is 1. The lowest BCUT2D eigenvalue weighted by Gasteiger charge is -2.02. The summed E-state index contributed by atoms with van der Waals surface area (Å²) in [6.45, 7) is 0. The molecule has 0 atom stereocenters. The molecule has 0 amide bonds. The molecule has 0 aromatic rings. The maximum atomic E-state index is 11.3. The van der Waals surface area contributed by atoms with Crippen molar-refractivity contribution in [2.24, 2.45) is 0 Å². The van der Waals surface area contributed by atoms with Crippen LogP contribution in [0.1, 0.15) is 57.8 Å². The van der Waals surface area contributed by atoms with Crippen LogP contribution in [0.25, 0.3) is 0 Å². The van der Waals surface area contributed by atoms with Crippen molar-refractivity contribution in [3.05, 3.63) is 12.2 Å². The van der Waals surface area contributed by atoms with Gasteiger partial charge in [-0.2, -0.15) is 0 Å². The van der Waals surface area contributed by atoms with Crippen LogP contribution < -0.4 is 0 Å². The minimum atomic E-state index is 0.476. The van der Waals surface area contributed by atoms with Crippen LogP contribution in [0.4, 0.5) is 0 Å². The third kappa shape index (κ3) is 5.62. The average molecular weight is 180 g/mol. The molecule has 0 saturated carbocycles. The van der Waals surface area contributed by atoms with Gasteiger partial charge in [-0.15, -0.1) is 0 Å². The first-order valence-electron chi connectivity index (χ1n) is 5.56. The van der Waals surface area contributed by atoms with E-state index in [1.807, 2.05) is 0 Å². The second-order valence-electron chi connectivity index (χ2n) is 3.86. The van der Waals surface area contributed by atoms with Gasteiger partial charge in [-0.25, -0.2) is 0 Å². The van der Waals surface area contributed by atoms with E-state index >= 15 is 0 Å². The van der Waals surface area contributed by atoms with Gasteiger partial charge in [0, 0.05) is 12.8 Å². The molecule has 74 valence electrons. The Bertz CT molecular complexity index is 170. The fourth-order valence-electron chi connectivity index (χ4n) is 1.71. The van der Waals surface area contributed by atoms with Gasteiger partial charge in [-0.3, -0.25) is 4.79 Å². The largest absolute Gasteiger partial charge is 0.300 e. The predicted octanol–water partition coefficient (Wildman–Crippen LogP) is 3.64. The molecule has 0 radical (unpaired) electrons. The summed E-state index contributed by atoms with van der Waals surface area (Å²) in [6, 6.07) is 0. The van der Waals surface area contributed by atoms with Gasteiger partial charge in [0.2, 0.25) is 0 Å². The maximum Gasteiger partial charge on any atom is 0.132 e. The molecule has 1 rings (SSSR count). The zero-order valence-corrected chi connectivity index (χ0v) is 8.43. The van der Waals surface area contributed by atoms with Gasteiger partial charge in [0.05, 0.1) is 0 Å². The Hall–Kier alpha value is -0.590. The molecule has 13 heavy (non-hydrogen) atoms. The van der Waals surface area contributed by atoms with E-state index in [2.05, 4.69) is 12.2 Å². The van der Waals surface area contributed by atoms with Crippen molar-refractivity contribution in [2.45, 2.75) is 57.8 Å². The molecular weight excluding hydrogens is 160 g/mol. The van der Waals surface area contributed by atoms with E-state index in [-0.39, 0.29) is 0 Å². The van der Waals surface area contributed by atoms with Gasteiger partial charge < -0.3 is 0 Å². The number of carbonyl (C=O) groups is 1. The quantitative estimate of drug-likeness (QED) is 0.520. The third-order valence-corrected chi connectivity index (χ3v) is 2.57. The van der Waals surface area contributed by atoms with Crippen molar-refractivity contribution >= 4 is 5.78 Å². The summed E-state index contributed by atoms with van der Waals surface area (Å²) in [6.07, 6.45) is 14.4. The maximum absolute atomic E-state index is 11.3. The lowest BCUT2D eigenvalue weighted by molar-refractivity contribution is -0.119. The molecule has 1 nitrogen and oxygen atoms in total. The molecular formula is C12H20O. The van der Waals surface area contributed by atoms with Crippen LogP contribution >= 0.6 is 0 Å². The first kappa shape index (κ1) is 10.5. The van der Waals surface area contributed by atoms with E-state index in [0.29, 0.717) is 5.78 Å². The second-order valence-corrected chi connectivity index (χ2v) is 3.86. The SMILES string of the molecule is O=C1CCCC/C=C\CCCCC1. The lowest BCUT2D eigenvalue weighted by Crippen LogP contribution is -1.97. The zero-order valence-electron chi connectivity index (χ0n) is 8.43. The standard InChI is InChI=1S/C12H20O/c13-12-10-8-6-4-2-1-3-5-7-9-11-12/h1-2H,3-11H2/b2-1-. The minimum absolute atomic E-state index is 0.476. The molecule has 0 aromatic heterocycles. The molecule has 1 aliphatic carbocycles. The number of allylic oxidation sites excluding steroid dienone is 2. The highest BCUT2D eigenvalue weighted by Crippen LogP contribution is 2.10. The summed E-state index contributed by atoms with van der Waals surface area (Å²) in [5, 5.41) is 0. The minimum Gasteiger partial charge on any atom is -0.300 e. The first-order valence-corrected chi connectivity index (χ1v) is 5.56. The van der Waals surface area contributed by atoms with E-state index in [1.165, 1.54) is 25.7 Å². The van der Waals surface area contributed by atoms with E-state index < -0.39 is 0 Å². The van der Waals surface area contributed by atoms with Crippen LogP contribution in [0, 0.1) is 0 Å². The molecule has 0 unspecified atom stereocenters. The van der Waals surface area contributed by atoms with Crippen molar-refractivity contribution in [3.8, 4) is 0 Å². The van der Waals surface area contributed by atoms with E-state index in [1.54, 1.807) is 0 Å². The van der Waals surface area contributed by atoms with E-state index in [9.17, 15) is 4.79 Å². The van der Waals surface area contributed by atoms with Crippen molar-refractivity contribution < 1.29 is 4.79 Å². The second kappa shape index (κ2) is 6.88. The predicted molar refractivity (Wildman–Crippen MR) is 55.7 cm³/mol. The Balaban J connectivity index is 2.24. The summed E-state index contributed by atoms with van der Waals surface area (Å²) >= 11 is 0. The number of carbonyl (C=O) groups excluding carboxylic acids is 1. The summed E-state index contributed by atoms with van der Waals surface area (Å²) in [5.74, 6) is 0.476. The molecule has 0 N–H and O–H groups in total. The van der Waals surface area contributed by atoms with E-state index in [0.717, 1.165) is 32.1 Å². The van der Waals surface area contributed by atoms with Gasteiger partial charge in [0.25, 0.3) is 0 Å². The van der Waals surface area contributed by atoms with Crippen molar-refractivity contribution in [1.29, 1.82) is 0 Å². The average Bonchev–Trinajstić information content (AvgIpc) is 2.11. The Morgan fingerprint density at radius 2 is 1.31 bits per heavy atom. The number of hydrogen-bond acceptors (Lipinski definition) is 1. The number of hydrogen-bond donors (Lipinski definition) is 0. The fourth-order valence-corrected chi connectivity index (χ4v) is 1.71. The Morgan fingerprint density at radius 3 is 2.00 bits per heavy atom. The van der Waals surface area contributed by atoms with Crippen molar-refractivity contribution in [1.82, 2.24) is 0 Å². The normalized spacial score (nSPS) is 24.5. The first-order chi connectivity index (χ1) is 6.39. The van der Waals surface area contributed by atoms with Gasteiger partial charge in [-0.05, 0) is 38.5 Å². The summed E-state index contributed by atoms with van der Waals surface area (Å²) in [4.78, 5) is 11.3. The molecule has 0 heterocycles. The molecule has 1 heteroatoms. The van der Waals surface area contributed by atoms with Crippen LogP contribution in [-0.2, 0) is 4.79 Å². The highest BCUT2D eigenvalue weighted by Gasteiger charge is 2.01. The van der Waals surface area contributed by atoms with Gasteiger partial charge in [0.15, 0.2) is 0 Å². The molecule has 0 aromatic carbocycles. The topological polar surface area (TPSA) is 17.1 Å². The fraction of sp³-hybridized carbons (Fsp3) is 0.750. The monoisotopic (exact) mass is 180 g/mol. The molecule has 0 aliphatic heterocycles. The molecule has 1 aliphatic rings. The highest BCUT2D eigenvalue weighted by atomic mass is 16.1. The highest BCUT2D eigenvalue weighted by molar-refractivity contribution is 5.78. The van der Waals surface area contributed by atoms with Crippen LogP contribution in [0.3, 0.4) is 0 Å². The third-order valence-electron chi connectivity index (χ3n) is 2.57. The van der Waals surface area contributed by atoms with Crippen molar-refractivity contribution in [3.63, 3.8) is 0 Å². The van der Waals surface area contributed by atoms with Crippen molar-refractivity contribution in [2.75, 3.05) is 0 Å². The zero-order chi connectivity index (χ0) is 9.36. The summed E-state index contributed by atoms with van der Waals surface area (Å²) in [5.41, 5.74) is 0. The van der Waals surface area contributed by atoms with Crippen LogP contribution in [0.15, 0.2) is 12.2 Å². The molecule has 0 fully saturated rings. The molecule has 0 saturated heterocycles. The summed E-state index contributed by atoms with van der Waals surface area (Å²) in [7, 11) is 0. The van der Waals surface area contributed by atoms with Crippen LogP contribution in [0.5, 0.6) is 0 Å². The Labute approximate surface area is 81.2 Å². The molecule has 0 spiro atoms. The Morgan fingerprint density at radius 1 is 0.769 bits per heavy atom. The van der Waals surface area contributed by atoms with Crippen LogP contribution in [-0.4, -0.2) is 5.78 Å². The number of rotatable bonds is 0. The number of ketones is 1. The van der Waals surface area contributed by atoms with E-state index in [4.69, 9.17) is 0 Å². The lowest BCUT2D eigenvalue weighted by atomic mass is 10.0. The molecule has 0 bridgehead atoms. The van der Waals surface area contributed by atoms with Gasteiger partial charge in [0.1, 0.15) is 5.78 Å². The smallest absolute Gasteiger partial charge is 0.132 e. The van der Waals surface area contributed by atoms with Gasteiger partial charge >= 0.3 is 0 Å². The van der Waals surface area contributed by atoms with Crippen LogP contribution in [0.2, 0.25) is 0 Å². The van der Waals surface area contributed by atoms with Gasteiger partial charge in [-0.1, -0.05) is 18.6 Å².